The van der Waals surface area contributed by atoms with Crippen LogP contribution >= 0.6 is 35.7 Å². The van der Waals surface area contributed by atoms with Crippen LogP contribution in [-0.4, -0.2) is 106 Å². The highest BCUT2D eigenvalue weighted by molar-refractivity contribution is 7.80. The number of carbonyl (C=O) groups excluding carboxylic acids is 2. The summed E-state index contributed by atoms with van der Waals surface area (Å²) in [5, 5.41) is 43.2. The molecule has 2 aliphatic heterocycles. The number of carboxylic acids is 1. The summed E-state index contributed by atoms with van der Waals surface area (Å²) in [5.41, 5.74) is -0.219. The van der Waals surface area contributed by atoms with Crippen LogP contribution in [0.1, 0.15) is 79.9 Å². The van der Waals surface area contributed by atoms with Gasteiger partial charge in [0.05, 0.1) is 24.7 Å². The minimum atomic E-state index is -5.79. The quantitative estimate of drug-likeness (QED) is 0.0162. The molecule has 3 aromatic rings. The summed E-state index contributed by atoms with van der Waals surface area (Å²) in [6.45, 7) is 0.248. The number of benzene rings is 3. The summed E-state index contributed by atoms with van der Waals surface area (Å²) in [6, 6.07) is 13.5. The lowest BCUT2D eigenvalue weighted by atomic mass is 9.90. The predicted octanol–water partition coefficient (Wildman–Crippen LogP) is 3.69. The van der Waals surface area contributed by atoms with E-state index in [0.717, 1.165) is 30.0 Å². The number of aromatic amines is 1. The molecule has 1 fully saturated rings. The molecule has 3 heterocycles. The third-order valence-corrected chi connectivity index (χ3v) is 15.3. The van der Waals surface area contributed by atoms with E-state index in [2.05, 4.69) is 34.4 Å². The smallest absolute Gasteiger partial charge is 0.490 e. The van der Waals surface area contributed by atoms with Crippen LogP contribution in [-0.2, 0) is 47.6 Å². The molecular formula is C44H53N6O21P3S. The second kappa shape index (κ2) is 25.7. The number of aromatic hydroxyl groups is 1. The molecule has 2 unspecified atom stereocenters. The molecule has 2 amide bonds. The van der Waals surface area contributed by atoms with E-state index in [0.29, 0.717) is 73.0 Å². The summed E-state index contributed by atoms with van der Waals surface area (Å²) >= 11 is 5.45. The van der Waals surface area contributed by atoms with E-state index in [1.54, 1.807) is 24.3 Å². The third kappa shape index (κ3) is 17.3. The molecule has 12 N–H and O–H groups in total. The highest BCUT2D eigenvalue weighted by atomic mass is 32.1. The zero-order chi connectivity index (χ0) is 54.7. The number of hydrogen-bond acceptors (Lipinski definition) is 17. The first-order valence-electron chi connectivity index (χ1n) is 23.0. The van der Waals surface area contributed by atoms with Crippen LogP contribution in [0.25, 0.3) is 33.4 Å². The maximum Gasteiger partial charge on any atom is 0.490 e. The second-order valence-corrected chi connectivity index (χ2v) is 21.8. The van der Waals surface area contributed by atoms with Crippen molar-refractivity contribution in [3.63, 3.8) is 0 Å². The van der Waals surface area contributed by atoms with E-state index in [-0.39, 0.29) is 57.6 Å². The maximum absolute atomic E-state index is 12.7. The fraction of sp³-hybridized carbons (Fsp3) is 0.386. The number of unbranched alkanes of at least 4 members (excludes halogenated alkanes) is 5. The van der Waals surface area contributed by atoms with Crippen molar-refractivity contribution in [3.8, 4) is 28.2 Å². The Morgan fingerprint density at radius 3 is 2.16 bits per heavy atom. The first-order valence-corrected chi connectivity index (χ1v) is 27.9. The maximum atomic E-state index is 12.7. The number of rotatable bonds is 26. The largest absolute Gasteiger partial charge is 0.508 e. The van der Waals surface area contributed by atoms with E-state index in [1.807, 2.05) is 4.98 Å². The summed E-state index contributed by atoms with van der Waals surface area (Å²) in [6.07, 6.45) is 1.25. The SMILES string of the molecule is O=C(CCCCCNC(=S)Nc1ccc(-c2c3ccc(=O)cc-3oc3cc(O)ccc23)c(C(=O)O)c1)NCCCCCCNC(=O)Cc1cn([C@H]2C[C@H](O)[C@@H](COP(=O)(O)OP(=O)(O)OP(=O)(O)O)O2)c(=O)[nH]c1=O. The van der Waals surface area contributed by atoms with Crippen LogP contribution in [0.3, 0.4) is 0 Å². The molecule has 0 saturated carbocycles. The average molecular weight is 1130 g/mol. The Kier molecular flexibility index (Phi) is 20.0. The van der Waals surface area contributed by atoms with Gasteiger partial charge >= 0.3 is 35.1 Å². The van der Waals surface area contributed by atoms with Gasteiger partial charge < -0.3 is 65.3 Å². The lowest BCUT2D eigenvalue weighted by molar-refractivity contribution is -0.121. The number of carbonyl (C=O) groups is 3. The van der Waals surface area contributed by atoms with Gasteiger partial charge in [-0.25, -0.2) is 23.3 Å². The van der Waals surface area contributed by atoms with Crippen molar-refractivity contribution in [2.24, 2.45) is 0 Å². The van der Waals surface area contributed by atoms with Crippen molar-refractivity contribution in [3.05, 3.63) is 103 Å². The number of hydrogen-bond donors (Lipinski definition) is 12. The van der Waals surface area contributed by atoms with Crippen molar-refractivity contribution in [2.75, 3.05) is 31.6 Å². The monoisotopic (exact) mass is 1130 g/mol. The highest BCUT2D eigenvalue weighted by Crippen LogP contribution is 2.66. The number of thiocarbonyl (C=S) groups is 1. The van der Waals surface area contributed by atoms with E-state index < -0.39 is 78.1 Å². The summed E-state index contributed by atoms with van der Waals surface area (Å²) in [5.74, 6) is -1.66. The molecule has 3 aliphatic rings. The number of nitrogens with one attached hydrogen (secondary N) is 5. The van der Waals surface area contributed by atoms with Crippen molar-refractivity contribution in [2.45, 2.75) is 82.6 Å². The van der Waals surface area contributed by atoms with E-state index >= 15 is 0 Å². The fourth-order valence-corrected chi connectivity index (χ4v) is 11.1. The Labute approximate surface area is 430 Å². The molecule has 1 saturated heterocycles. The first kappa shape index (κ1) is 58.3. The number of aromatic nitrogens is 2. The van der Waals surface area contributed by atoms with Gasteiger partial charge in [-0.3, -0.25) is 33.3 Å². The first-order chi connectivity index (χ1) is 35.4. The number of phosphoric acid groups is 3. The molecule has 0 spiro atoms. The Balaban J connectivity index is 0.829. The third-order valence-electron chi connectivity index (χ3n) is 11.3. The summed E-state index contributed by atoms with van der Waals surface area (Å²) < 4.78 is 58.4. The van der Waals surface area contributed by atoms with Gasteiger partial charge in [-0.1, -0.05) is 25.3 Å². The number of phosphoric ester groups is 1. The number of ether oxygens (including phenoxy) is 1. The van der Waals surface area contributed by atoms with E-state index in [9.17, 15) is 67.6 Å². The van der Waals surface area contributed by atoms with Crippen molar-refractivity contribution >= 4 is 75.2 Å². The van der Waals surface area contributed by atoms with Gasteiger partial charge in [0, 0.05) is 78.6 Å². The zero-order valence-electron chi connectivity index (χ0n) is 39.4. The van der Waals surface area contributed by atoms with E-state index in [4.69, 9.17) is 31.2 Å². The number of anilines is 1. The van der Waals surface area contributed by atoms with Crippen LogP contribution in [0.4, 0.5) is 5.69 Å². The fourth-order valence-electron chi connectivity index (χ4n) is 7.89. The molecule has 31 heteroatoms. The Morgan fingerprint density at radius 2 is 1.47 bits per heavy atom. The molecule has 27 nitrogen and oxygen atoms in total. The summed E-state index contributed by atoms with van der Waals surface area (Å²) in [4.78, 5) is 113. The molecule has 75 heavy (non-hydrogen) atoms. The minimum Gasteiger partial charge on any atom is -0.508 e. The average Bonchev–Trinajstić information content (AvgIpc) is 3.68. The molecular weight excluding hydrogens is 1070 g/mol. The number of H-pyrrole nitrogens is 1. The number of carboxylic acid groups (broad SMARTS) is 1. The predicted molar refractivity (Wildman–Crippen MR) is 270 cm³/mol. The molecule has 5 atom stereocenters. The number of nitrogens with zero attached hydrogens (tertiary/aromatic N) is 1. The molecule has 0 bridgehead atoms. The lowest BCUT2D eigenvalue weighted by Gasteiger charge is -2.19. The van der Waals surface area contributed by atoms with Gasteiger partial charge in [0.25, 0.3) is 5.56 Å². The topological polar surface area (TPSA) is 414 Å². The second-order valence-electron chi connectivity index (χ2n) is 17.0. The standard InChI is InChI=1S/C44H53N6O21P3S/c51-27-10-13-30-34(20-27)68-35-21-28(52)11-14-31(35)40(30)29-12-9-26(19-32(29)42(57)58)48-43(75)47-17-7-3-4-8-37(54)45-15-5-1-2-6-16-46-38(55)18-25-23-50(44(59)49-41(25)56)39-22-33(53)36(69-39)24-67-73(63,64)71-74(65,66)70-72(60,61)62/h9-14,19-21,23,33,36,39,51,53H,1-8,15-18,22,24H2,(H,45,54)(H,46,55)(H,57,58)(H,63,64)(H,65,66)(H2,47,48,75)(H,49,56,59)(H2,60,61,62)/t33-,36+,39+/m0/s1. The number of phenols is 1. The number of phenolic OH excluding ortho intramolecular Hbond substituents is 1. The molecule has 0 radical (unpaired) electrons. The molecule has 1 aromatic heterocycles. The van der Waals surface area contributed by atoms with Crippen molar-refractivity contribution < 1.29 is 85.3 Å². The highest BCUT2D eigenvalue weighted by Gasteiger charge is 2.43. The van der Waals surface area contributed by atoms with Gasteiger partial charge in [-0.05, 0) is 79.9 Å². The Hall–Kier alpha value is -5.96. The van der Waals surface area contributed by atoms with E-state index in [1.165, 1.54) is 30.3 Å². The normalized spacial score (nSPS) is 17.3. The van der Waals surface area contributed by atoms with Crippen LogP contribution in [0.2, 0.25) is 0 Å². The van der Waals surface area contributed by atoms with Crippen LogP contribution in [0, 0.1) is 0 Å². The van der Waals surface area contributed by atoms with Gasteiger partial charge in [-0.15, -0.1) is 0 Å². The van der Waals surface area contributed by atoms with Crippen LogP contribution in [0.5, 0.6) is 5.75 Å². The van der Waals surface area contributed by atoms with Gasteiger partial charge in [0.2, 0.25) is 11.8 Å². The van der Waals surface area contributed by atoms with Gasteiger partial charge in [-0.2, -0.15) is 8.62 Å². The number of aliphatic hydroxyl groups excluding tert-OH is 1. The molecule has 1 aliphatic carbocycles. The number of aromatic carboxylic acids is 1. The zero-order valence-corrected chi connectivity index (χ0v) is 42.9. The van der Waals surface area contributed by atoms with Gasteiger partial charge in [0.15, 0.2) is 10.5 Å². The van der Waals surface area contributed by atoms with Crippen LogP contribution in [0.15, 0.2) is 79.6 Å². The number of amides is 2. The van der Waals surface area contributed by atoms with Crippen molar-refractivity contribution in [1.29, 1.82) is 0 Å². The van der Waals surface area contributed by atoms with Crippen molar-refractivity contribution in [1.82, 2.24) is 25.5 Å². The minimum absolute atomic E-state index is 0.0352. The Bertz CT molecular complexity index is 3220. The number of aliphatic hydroxyl groups is 1. The van der Waals surface area contributed by atoms with Gasteiger partial charge in [0.1, 0.15) is 29.4 Å². The summed E-state index contributed by atoms with van der Waals surface area (Å²) in [7, 11) is -17.0. The Morgan fingerprint density at radius 1 is 0.800 bits per heavy atom. The molecule has 2 aromatic carbocycles. The molecule has 406 valence electrons. The number of fused-ring (bicyclic) bond motifs is 2. The molecule has 6 rings (SSSR count). The lowest BCUT2D eigenvalue weighted by Crippen LogP contribution is -2.36. The van der Waals surface area contributed by atoms with Crippen LogP contribution < -0.4 is 37.9 Å².